The van der Waals surface area contributed by atoms with Gasteiger partial charge in [0.2, 0.25) is 0 Å². The minimum atomic E-state index is 0.801. The van der Waals surface area contributed by atoms with Gasteiger partial charge in [0.25, 0.3) is 0 Å². The molecule has 0 radical (unpaired) electrons. The van der Waals surface area contributed by atoms with Gasteiger partial charge in [-0.15, -0.1) is 0 Å². The lowest BCUT2D eigenvalue weighted by Gasteiger charge is -2.43. The van der Waals surface area contributed by atoms with Crippen LogP contribution in [-0.2, 0) is 0 Å². The summed E-state index contributed by atoms with van der Waals surface area (Å²) in [5.41, 5.74) is 3.14. The van der Waals surface area contributed by atoms with E-state index in [1.807, 2.05) is 0 Å². The average molecular weight is 204 g/mol. The molecule has 0 aromatic rings. The van der Waals surface area contributed by atoms with Crippen LogP contribution in [0.5, 0.6) is 0 Å². The van der Waals surface area contributed by atoms with Crippen LogP contribution in [0.25, 0.3) is 0 Å². The van der Waals surface area contributed by atoms with Gasteiger partial charge in [0.1, 0.15) is 0 Å². The van der Waals surface area contributed by atoms with E-state index in [0.29, 0.717) is 0 Å². The third kappa shape index (κ3) is 2.04. The van der Waals surface area contributed by atoms with Gasteiger partial charge in [0.15, 0.2) is 0 Å². The van der Waals surface area contributed by atoms with Crippen molar-refractivity contribution in [2.45, 2.75) is 46.5 Å². The van der Waals surface area contributed by atoms with Crippen LogP contribution in [0.4, 0.5) is 0 Å². The normalized spacial score (nSPS) is 36.4. The third-order valence-corrected chi connectivity index (χ3v) is 4.47. The van der Waals surface area contributed by atoms with E-state index in [-0.39, 0.29) is 0 Å². The molecule has 1 saturated carbocycles. The maximum absolute atomic E-state index is 4.29. The first-order valence-corrected chi connectivity index (χ1v) is 6.44. The Morgan fingerprint density at radius 1 is 1.27 bits per heavy atom. The lowest BCUT2D eigenvalue weighted by Crippen LogP contribution is -2.33. The maximum Gasteiger partial charge on any atom is -0.0134 e. The van der Waals surface area contributed by atoms with Crippen molar-refractivity contribution < 1.29 is 0 Å². The highest BCUT2D eigenvalue weighted by Gasteiger charge is 2.36. The van der Waals surface area contributed by atoms with E-state index in [1.54, 1.807) is 5.57 Å². The number of rotatable bonds is 1. The summed E-state index contributed by atoms with van der Waals surface area (Å²) in [6.07, 6.45) is 7.85. The van der Waals surface area contributed by atoms with Crippen LogP contribution >= 0.6 is 0 Å². The smallest absolute Gasteiger partial charge is 0.0134 e. The zero-order valence-corrected chi connectivity index (χ0v) is 10.4. The zero-order valence-electron chi connectivity index (χ0n) is 10.4. The third-order valence-electron chi connectivity index (χ3n) is 4.47. The summed E-state index contributed by atoms with van der Waals surface area (Å²) in [5.74, 6) is 3.33. The molecule has 0 amide bonds. The monoisotopic (exact) mass is 204 g/mol. The number of allylic oxidation sites excluding steroid dienone is 3. The molecule has 0 aromatic heterocycles. The van der Waals surface area contributed by atoms with Gasteiger partial charge in [-0.05, 0) is 56.3 Å². The lowest BCUT2D eigenvalue weighted by molar-refractivity contribution is 0.179. The van der Waals surface area contributed by atoms with Crippen molar-refractivity contribution in [3.8, 4) is 0 Å². The van der Waals surface area contributed by atoms with Crippen molar-refractivity contribution in [1.29, 1.82) is 0 Å². The lowest BCUT2D eigenvalue weighted by atomic mass is 9.62. The highest BCUT2D eigenvalue weighted by molar-refractivity contribution is 5.19. The average Bonchev–Trinajstić information content (AvgIpc) is 2.17. The molecule has 3 atom stereocenters. The molecular formula is C15H24. The van der Waals surface area contributed by atoms with Crippen LogP contribution in [0.2, 0.25) is 0 Å². The van der Waals surface area contributed by atoms with Crippen LogP contribution in [0, 0.1) is 23.7 Å². The molecule has 2 rings (SSSR count). The van der Waals surface area contributed by atoms with Crippen molar-refractivity contribution in [2.75, 3.05) is 0 Å². The summed E-state index contributed by atoms with van der Waals surface area (Å²) in [6, 6.07) is 0. The van der Waals surface area contributed by atoms with Crippen molar-refractivity contribution in [1.82, 2.24) is 0 Å². The van der Waals surface area contributed by atoms with E-state index in [2.05, 4.69) is 33.4 Å². The van der Waals surface area contributed by atoms with Gasteiger partial charge >= 0.3 is 0 Å². The van der Waals surface area contributed by atoms with E-state index in [9.17, 15) is 0 Å². The van der Waals surface area contributed by atoms with E-state index in [1.165, 1.54) is 31.3 Å². The van der Waals surface area contributed by atoms with Crippen LogP contribution in [0.3, 0.4) is 0 Å². The molecule has 0 saturated heterocycles. The van der Waals surface area contributed by atoms with Crippen LogP contribution in [0.1, 0.15) is 46.5 Å². The Morgan fingerprint density at radius 2 is 2.00 bits per heavy atom. The second-order valence-corrected chi connectivity index (χ2v) is 5.84. The van der Waals surface area contributed by atoms with Crippen molar-refractivity contribution in [3.05, 3.63) is 23.8 Å². The fourth-order valence-corrected chi connectivity index (χ4v) is 3.51. The van der Waals surface area contributed by atoms with Gasteiger partial charge in [-0.25, -0.2) is 0 Å². The van der Waals surface area contributed by atoms with E-state index >= 15 is 0 Å². The highest BCUT2D eigenvalue weighted by atomic mass is 14.4. The Kier molecular flexibility index (Phi) is 3.04. The molecule has 0 nitrogen and oxygen atoms in total. The summed E-state index contributed by atoms with van der Waals surface area (Å²) >= 11 is 0. The Balaban J connectivity index is 2.24. The summed E-state index contributed by atoms with van der Waals surface area (Å²) in [5, 5.41) is 0. The first kappa shape index (κ1) is 11.0. The van der Waals surface area contributed by atoms with E-state index < -0.39 is 0 Å². The predicted octanol–water partition coefficient (Wildman–Crippen LogP) is 4.58. The van der Waals surface area contributed by atoms with Gasteiger partial charge in [0.05, 0.1) is 0 Å². The molecule has 0 heteroatoms. The van der Waals surface area contributed by atoms with Gasteiger partial charge in [0, 0.05) is 0 Å². The molecular weight excluding hydrogens is 180 g/mol. The second-order valence-electron chi connectivity index (χ2n) is 5.84. The van der Waals surface area contributed by atoms with Gasteiger partial charge in [-0.3, -0.25) is 0 Å². The molecule has 0 N–H and O–H groups in total. The Labute approximate surface area is 94.5 Å². The Bertz CT molecular complexity index is 282. The first-order valence-electron chi connectivity index (χ1n) is 6.44. The number of hydrogen-bond donors (Lipinski definition) is 0. The molecule has 0 heterocycles. The molecule has 0 spiro atoms. The minimum absolute atomic E-state index is 0.801. The largest absolute Gasteiger partial charge is 0.0996 e. The quantitative estimate of drug-likeness (QED) is 0.548. The van der Waals surface area contributed by atoms with Crippen LogP contribution in [0.15, 0.2) is 23.8 Å². The molecule has 0 bridgehead atoms. The molecule has 2 unspecified atom stereocenters. The molecule has 2 aliphatic rings. The van der Waals surface area contributed by atoms with Crippen LogP contribution < -0.4 is 0 Å². The first-order chi connectivity index (χ1) is 7.09. The van der Waals surface area contributed by atoms with Crippen molar-refractivity contribution >= 4 is 0 Å². The number of hydrogen-bond acceptors (Lipinski definition) is 0. The minimum Gasteiger partial charge on any atom is -0.0996 e. The predicted molar refractivity (Wildman–Crippen MR) is 66.7 cm³/mol. The zero-order chi connectivity index (χ0) is 11.0. The fraction of sp³-hybridized carbons (Fsp3) is 0.733. The SMILES string of the molecule is C=C1CCC(C(C)C)C2C=C(C)CC[C@@H]12. The van der Waals surface area contributed by atoms with Gasteiger partial charge < -0.3 is 0 Å². The summed E-state index contributed by atoms with van der Waals surface area (Å²) in [4.78, 5) is 0. The molecule has 15 heavy (non-hydrogen) atoms. The molecule has 1 fully saturated rings. The van der Waals surface area contributed by atoms with Crippen molar-refractivity contribution in [3.63, 3.8) is 0 Å². The Morgan fingerprint density at radius 3 is 2.67 bits per heavy atom. The van der Waals surface area contributed by atoms with E-state index in [4.69, 9.17) is 0 Å². The second kappa shape index (κ2) is 4.15. The molecule has 84 valence electrons. The number of fused-ring (bicyclic) bond motifs is 1. The summed E-state index contributed by atoms with van der Waals surface area (Å²) < 4.78 is 0. The van der Waals surface area contributed by atoms with Gasteiger partial charge in [-0.2, -0.15) is 0 Å². The van der Waals surface area contributed by atoms with Gasteiger partial charge in [-0.1, -0.05) is 37.6 Å². The molecule has 2 aliphatic carbocycles. The molecule has 0 aliphatic heterocycles. The topological polar surface area (TPSA) is 0 Å². The van der Waals surface area contributed by atoms with Crippen molar-refractivity contribution in [2.24, 2.45) is 23.7 Å². The van der Waals surface area contributed by atoms with Crippen LogP contribution in [-0.4, -0.2) is 0 Å². The molecule has 0 aromatic carbocycles. The van der Waals surface area contributed by atoms with E-state index in [0.717, 1.165) is 23.7 Å². The standard InChI is InChI=1S/C15H24/c1-10(2)13-8-6-12(4)14-7-5-11(3)9-15(13)14/h9-10,13-15H,4-8H2,1-3H3/t13?,14-,15?/m0/s1. The Hall–Kier alpha value is -0.520. The summed E-state index contributed by atoms with van der Waals surface area (Å²) in [6.45, 7) is 11.3. The summed E-state index contributed by atoms with van der Waals surface area (Å²) in [7, 11) is 0. The maximum atomic E-state index is 4.29. The highest BCUT2D eigenvalue weighted by Crippen LogP contribution is 2.47. The fourth-order valence-electron chi connectivity index (χ4n) is 3.51.